The minimum atomic E-state index is -3.09. The molecule has 0 amide bonds. The quantitative estimate of drug-likeness (QED) is 0.223. The molecule has 1 fully saturated rings. The first kappa shape index (κ1) is 51.7. The molecular weight excluding hydrogens is 789 g/mol. The van der Waals surface area contributed by atoms with Gasteiger partial charge in [0.05, 0.1) is 11.4 Å². The van der Waals surface area contributed by atoms with Gasteiger partial charge in [-0.05, 0) is 127 Å². The van der Waals surface area contributed by atoms with Crippen LogP contribution in [0.5, 0.6) is 0 Å². The fraction of sp³-hybridized carbons (Fsp3) is 0.760. The van der Waals surface area contributed by atoms with Crippen molar-refractivity contribution >= 4 is 47.3 Å². The van der Waals surface area contributed by atoms with Gasteiger partial charge in [0.2, 0.25) is 13.4 Å². The molecule has 2 aromatic carbocycles. The molecule has 0 saturated carbocycles. The van der Waals surface area contributed by atoms with Crippen LogP contribution < -0.4 is 0 Å². The molecule has 0 spiro atoms. The van der Waals surface area contributed by atoms with Crippen LogP contribution in [-0.4, -0.2) is 20.0 Å². The predicted octanol–water partition coefficient (Wildman–Crippen LogP) is 19.4. The van der Waals surface area contributed by atoms with E-state index in [9.17, 15) is 0 Å². The highest BCUT2D eigenvalue weighted by Crippen LogP contribution is 2.98. The number of hydrogen-bond acceptors (Lipinski definition) is 2. The Bertz CT molecular complexity index is 1670. The largest absolute Gasteiger partial charge is 0.222 e. The fourth-order valence-corrected chi connectivity index (χ4v) is 24.0. The van der Waals surface area contributed by atoms with E-state index in [1.807, 2.05) is 0 Å². The van der Waals surface area contributed by atoms with Crippen LogP contribution in [0.2, 0.25) is 0 Å². The highest BCUT2D eigenvalue weighted by atomic mass is 35.7. The van der Waals surface area contributed by atoms with E-state index in [0.29, 0.717) is 0 Å². The summed E-state index contributed by atoms with van der Waals surface area (Å²) in [6.45, 7) is 49.6. The average Bonchev–Trinajstić information content (AvgIpc) is 3.06. The number of nitrogens with zero attached hydrogens (tertiary/aromatic N) is 4. The van der Waals surface area contributed by atoms with E-state index in [0.717, 1.165) is 49.9 Å². The molecule has 0 aliphatic carbocycles. The summed E-state index contributed by atoms with van der Waals surface area (Å²) in [6, 6.07) is 9.72. The minimum Gasteiger partial charge on any atom is -0.222 e. The van der Waals surface area contributed by atoms with E-state index in [2.05, 4.69) is 199 Å². The van der Waals surface area contributed by atoms with Crippen LogP contribution in [0, 0.1) is 0 Å². The summed E-state index contributed by atoms with van der Waals surface area (Å²) in [6.07, 6.45) is 5.43. The summed E-state index contributed by atoms with van der Waals surface area (Å²) < 4.78 is 17.5. The molecule has 0 atom stereocenters. The normalized spacial score (nSPS) is 21.0. The first-order valence-electron chi connectivity index (χ1n) is 22.6. The van der Waals surface area contributed by atoms with Crippen LogP contribution in [0.3, 0.4) is 0 Å². The first-order chi connectivity index (χ1) is 26.0. The van der Waals surface area contributed by atoms with E-state index in [4.69, 9.17) is 32.0 Å². The van der Waals surface area contributed by atoms with Gasteiger partial charge in [-0.25, -0.2) is 9.49 Å². The van der Waals surface area contributed by atoms with Crippen LogP contribution >= 0.6 is 35.9 Å². The Kier molecular flexibility index (Phi) is 15.0. The Balaban J connectivity index is 2.91. The van der Waals surface area contributed by atoms with Gasteiger partial charge in [-0.15, -0.1) is 0 Å². The van der Waals surface area contributed by atoms with Gasteiger partial charge in [-0.2, -0.15) is 8.88 Å². The third-order valence-electron chi connectivity index (χ3n) is 13.4. The summed E-state index contributed by atoms with van der Waals surface area (Å²) in [4.78, 5) is 0. The van der Waals surface area contributed by atoms with Crippen molar-refractivity contribution in [2.24, 2.45) is 9.49 Å². The maximum absolute atomic E-state index is 8.76. The zero-order chi connectivity index (χ0) is 45.3. The van der Waals surface area contributed by atoms with Crippen LogP contribution in [0.1, 0.15) is 238 Å². The smallest absolute Gasteiger partial charge is 0.205 e. The van der Waals surface area contributed by atoms with Gasteiger partial charge in [0, 0.05) is 11.1 Å². The van der Waals surface area contributed by atoms with Crippen molar-refractivity contribution in [3.63, 3.8) is 0 Å². The summed E-state index contributed by atoms with van der Waals surface area (Å²) in [5.74, 6) is 0. The molecule has 2 aromatic rings. The van der Waals surface area contributed by atoms with Crippen molar-refractivity contribution in [3.8, 4) is 0 Å². The van der Waals surface area contributed by atoms with Gasteiger partial charge >= 0.3 is 0 Å². The van der Waals surface area contributed by atoms with Crippen molar-refractivity contribution in [1.82, 2.24) is 8.88 Å². The molecule has 1 heterocycles. The molecule has 3 rings (SSSR count). The van der Waals surface area contributed by atoms with Crippen molar-refractivity contribution < 1.29 is 0 Å². The molecule has 1 saturated heterocycles. The summed E-state index contributed by atoms with van der Waals surface area (Å²) in [5.41, 5.74) is 8.36. The lowest BCUT2D eigenvalue weighted by molar-refractivity contribution is 0.178. The van der Waals surface area contributed by atoms with E-state index >= 15 is 0 Å². The second-order valence-electron chi connectivity index (χ2n) is 23.7. The van der Waals surface area contributed by atoms with Gasteiger partial charge in [0.15, 0.2) is 0 Å². The molecular formula is C50H88Cl2N4P2. The lowest BCUT2D eigenvalue weighted by Gasteiger charge is -2.68. The van der Waals surface area contributed by atoms with Gasteiger partial charge < -0.3 is 0 Å². The van der Waals surface area contributed by atoms with Gasteiger partial charge in [-0.1, -0.05) is 190 Å². The maximum atomic E-state index is 8.76. The van der Waals surface area contributed by atoms with Gasteiger partial charge in [-0.3, -0.25) is 0 Å². The van der Waals surface area contributed by atoms with Crippen molar-refractivity contribution in [2.45, 2.75) is 248 Å². The van der Waals surface area contributed by atoms with Gasteiger partial charge in [0.1, 0.15) is 0 Å². The molecule has 332 valence electrons. The highest BCUT2D eigenvalue weighted by Gasteiger charge is 2.69. The fourth-order valence-electron chi connectivity index (χ4n) is 8.91. The van der Waals surface area contributed by atoms with Crippen molar-refractivity contribution in [1.29, 1.82) is 0 Å². The van der Waals surface area contributed by atoms with E-state index < -0.39 is 13.4 Å². The van der Waals surface area contributed by atoms with Crippen molar-refractivity contribution in [3.05, 3.63) is 57.6 Å². The average molecular weight is 878 g/mol. The zero-order valence-corrected chi connectivity index (χ0v) is 45.3. The Morgan fingerprint density at radius 2 is 0.569 bits per heavy atom. The predicted molar refractivity (Wildman–Crippen MR) is 266 cm³/mol. The minimum absolute atomic E-state index is 0.0296. The molecule has 0 aromatic heterocycles. The molecule has 4 nitrogen and oxygen atoms in total. The van der Waals surface area contributed by atoms with Crippen LogP contribution in [0.25, 0.3) is 0 Å². The Labute approximate surface area is 369 Å². The second-order valence-corrected chi connectivity index (χ2v) is 31.0. The summed E-state index contributed by atoms with van der Waals surface area (Å²) in [5, 5.41) is 0. The molecule has 58 heavy (non-hydrogen) atoms. The first-order valence-corrected chi connectivity index (χ1v) is 27.7. The molecule has 1 aliphatic rings. The maximum Gasteiger partial charge on any atom is 0.205 e. The van der Waals surface area contributed by atoms with Crippen LogP contribution in [-0.2, 0) is 32.5 Å². The summed E-state index contributed by atoms with van der Waals surface area (Å²) in [7, 11) is 0. The van der Waals surface area contributed by atoms with Gasteiger partial charge in [0.25, 0.3) is 0 Å². The lowest BCUT2D eigenvalue weighted by atomic mass is 9.74. The molecule has 0 radical (unpaired) electrons. The number of rotatable bonds is 10. The third-order valence-corrected chi connectivity index (χ3v) is 24.5. The van der Waals surface area contributed by atoms with Crippen LogP contribution in [0.15, 0.2) is 33.8 Å². The topological polar surface area (TPSA) is 31.2 Å². The Morgan fingerprint density at radius 1 is 0.379 bits per heavy atom. The Morgan fingerprint density at radius 3 is 0.707 bits per heavy atom. The zero-order valence-electron chi connectivity index (χ0n) is 42.0. The van der Waals surface area contributed by atoms with E-state index in [1.54, 1.807) is 0 Å². The van der Waals surface area contributed by atoms with Crippen molar-refractivity contribution in [2.75, 3.05) is 0 Å². The second kappa shape index (κ2) is 16.8. The van der Waals surface area contributed by atoms with Crippen LogP contribution in [0.4, 0.5) is 11.4 Å². The van der Waals surface area contributed by atoms with E-state index in [1.165, 1.54) is 33.4 Å². The SMILES string of the molecule is CCC(CC)(CC)N1P(Cl)(=Nc2c(C(C)(C)C)cc(C(C)(C)C)cc2C(C)(C)C)N(C(CC)(CC)CC)P1(Cl)=Nc1c(C(C)(C)C)cc(C(C)(C)C)cc1C(C)(C)C. The number of hydrogen-bond donors (Lipinski definition) is 0. The third kappa shape index (κ3) is 9.50. The lowest BCUT2D eigenvalue weighted by Crippen LogP contribution is -2.58. The molecule has 8 heteroatoms. The molecule has 0 bridgehead atoms. The monoisotopic (exact) mass is 877 g/mol. The standard InChI is InChI=1S/C50H88Cl2N4P2/c1-25-49(26-2,27-3)55-57(51,53-41-37(45(13,14)15)31-35(43(7,8)9)32-38(41)46(16,17)18)56(50(28-4,29-5)30-6)58(55,52)54-42-39(47(19,20)21)33-36(44(10,11)12)34-40(42)48(22,23)24/h31-34H,25-30H2,1-24H3. The molecule has 1 aliphatic heterocycles. The number of halogens is 2. The molecule has 0 N–H and O–H groups in total. The summed E-state index contributed by atoms with van der Waals surface area (Å²) >= 11 is 17.5. The molecule has 0 unspecified atom stereocenters. The Hall–Kier alpha value is -0.600. The van der Waals surface area contributed by atoms with E-state index in [-0.39, 0.29) is 43.6 Å². The highest BCUT2D eigenvalue weighted by molar-refractivity contribution is 8.12. The number of benzene rings is 2.